The maximum absolute atomic E-state index is 5.18. The van der Waals surface area contributed by atoms with Gasteiger partial charge in [0, 0.05) is 6.42 Å². The molecular formula is C10H14O. The summed E-state index contributed by atoms with van der Waals surface area (Å²) < 4.78 is 5.18. The van der Waals surface area contributed by atoms with Crippen LogP contribution in [0, 0.1) is 0 Å². The first-order valence-corrected chi connectivity index (χ1v) is 4.11. The fraction of sp³-hybridized carbons (Fsp3) is 0.400. The van der Waals surface area contributed by atoms with Crippen molar-refractivity contribution in [1.82, 2.24) is 0 Å². The number of hydrogen-bond acceptors (Lipinski definition) is 1. The fourth-order valence-corrected chi connectivity index (χ4v) is 0.965. The molecule has 0 saturated heterocycles. The Morgan fingerprint density at radius 2 is 2.36 bits per heavy atom. The van der Waals surface area contributed by atoms with Crippen LogP contribution in [0.1, 0.15) is 25.5 Å². The summed E-state index contributed by atoms with van der Waals surface area (Å²) in [4.78, 5) is 0. The quantitative estimate of drug-likeness (QED) is 0.601. The van der Waals surface area contributed by atoms with E-state index in [1.165, 1.54) is 0 Å². The third-order valence-corrected chi connectivity index (χ3v) is 1.54. The number of aryl methyl sites for hydroxylation is 1. The molecular weight excluding hydrogens is 136 g/mol. The van der Waals surface area contributed by atoms with Crippen molar-refractivity contribution in [2.24, 2.45) is 0 Å². The molecule has 11 heavy (non-hydrogen) atoms. The molecule has 0 bridgehead atoms. The van der Waals surface area contributed by atoms with Gasteiger partial charge in [0.15, 0.2) is 0 Å². The van der Waals surface area contributed by atoms with E-state index in [0.717, 1.165) is 25.0 Å². The molecule has 1 aromatic heterocycles. The molecule has 0 atom stereocenters. The lowest BCUT2D eigenvalue weighted by atomic mass is 10.2. The minimum atomic E-state index is 1.02. The van der Waals surface area contributed by atoms with Gasteiger partial charge in [-0.1, -0.05) is 19.1 Å². The van der Waals surface area contributed by atoms with E-state index in [4.69, 9.17) is 4.42 Å². The fourth-order valence-electron chi connectivity index (χ4n) is 0.965. The minimum absolute atomic E-state index is 1.02. The zero-order valence-corrected chi connectivity index (χ0v) is 6.92. The summed E-state index contributed by atoms with van der Waals surface area (Å²) in [5.41, 5.74) is 0. The minimum Gasteiger partial charge on any atom is -0.469 e. The van der Waals surface area contributed by atoms with Crippen molar-refractivity contribution in [3.8, 4) is 0 Å². The van der Waals surface area contributed by atoms with Crippen molar-refractivity contribution in [2.75, 3.05) is 0 Å². The molecule has 0 radical (unpaired) electrons. The summed E-state index contributed by atoms with van der Waals surface area (Å²) in [6, 6.07) is 3.94. The lowest BCUT2D eigenvalue weighted by Gasteiger charge is -1.89. The number of allylic oxidation sites excluding steroid dienone is 2. The highest BCUT2D eigenvalue weighted by Crippen LogP contribution is 2.03. The molecule has 1 rings (SSSR count). The van der Waals surface area contributed by atoms with Gasteiger partial charge in [0.2, 0.25) is 0 Å². The van der Waals surface area contributed by atoms with Crippen molar-refractivity contribution in [3.05, 3.63) is 36.3 Å². The van der Waals surface area contributed by atoms with E-state index in [2.05, 4.69) is 19.1 Å². The first-order valence-electron chi connectivity index (χ1n) is 4.11. The molecule has 0 amide bonds. The summed E-state index contributed by atoms with van der Waals surface area (Å²) >= 11 is 0. The van der Waals surface area contributed by atoms with Crippen LogP contribution < -0.4 is 0 Å². The molecule has 0 saturated carbocycles. The van der Waals surface area contributed by atoms with Gasteiger partial charge in [-0.2, -0.15) is 0 Å². The zero-order valence-electron chi connectivity index (χ0n) is 6.92. The SMILES string of the molecule is CC/C=C/CCc1ccco1. The van der Waals surface area contributed by atoms with Crippen molar-refractivity contribution >= 4 is 0 Å². The topological polar surface area (TPSA) is 13.1 Å². The van der Waals surface area contributed by atoms with Crippen molar-refractivity contribution < 1.29 is 4.42 Å². The van der Waals surface area contributed by atoms with Gasteiger partial charge in [0.05, 0.1) is 6.26 Å². The molecule has 60 valence electrons. The monoisotopic (exact) mass is 150 g/mol. The lowest BCUT2D eigenvalue weighted by molar-refractivity contribution is 0.510. The Labute approximate surface area is 67.7 Å². The van der Waals surface area contributed by atoms with Crippen molar-refractivity contribution in [2.45, 2.75) is 26.2 Å². The predicted octanol–water partition coefficient (Wildman–Crippen LogP) is 3.18. The van der Waals surface area contributed by atoms with Gasteiger partial charge in [-0.05, 0) is 25.0 Å². The van der Waals surface area contributed by atoms with Crippen LogP contribution in [-0.2, 0) is 6.42 Å². The van der Waals surface area contributed by atoms with E-state index in [9.17, 15) is 0 Å². The van der Waals surface area contributed by atoms with Gasteiger partial charge >= 0.3 is 0 Å². The summed E-state index contributed by atoms with van der Waals surface area (Å²) in [5.74, 6) is 1.07. The van der Waals surface area contributed by atoms with Gasteiger partial charge in [-0.25, -0.2) is 0 Å². The molecule has 0 aliphatic heterocycles. The smallest absolute Gasteiger partial charge is 0.104 e. The molecule has 0 N–H and O–H groups in total. The van der Waals surface area contributed by atoms with Crippen LogP contribution in [0.5, 0.6) is 0 Å². The third kappa shape index (κ3) is 3.08. The third-order valence-electron chi connectivity index (χ3n) is 1.54. The Kier molecular flexibility index (Phi) is 3.53. The molecule has 0 aromatic carbocycles. The molecule has 0 fully saturated rings. The molecule has 1 aromatic rings. The van der Waals surface area contributed by atoms with E-state index in [1.807, 2.05) is 12.1 Å². The largest absolute Gasteiger partial charge is 0.469 e. The molecule has 0 unspecified atom stereocenters. The van der Waals surface area contributed by atoms with Crippen LogP contribution in [0.15, 0.2) is 35.0 Å². The van der Waals surface area contributed by atoms with E-state index < -0.39 is 0 Å². The van der Waals surface area contributed by atoms with Gasteiger partial charge in [0.25, 0.3) is 0 Å². The summed E-state index contributed by atoms with van der Waals surface area (Å²) in [6.45, 7) is 2.14. The Morgan fingerprint density at radius 3 is 3.00 bits per heavy atom. The molecule has 0 aliphatic carbocycles. The normalized spacial score (nSPS) is 11.0. The van der Waals surface area contributed by atoms with E-state index in [0.29, 0.717) is 0 Å². The second-order valence-corrected chi connectivity index (χ2v) is 2.50. The van der Waals surface area contributed by atoms with Crippen molar-refractivity contribution in [1.29, 1.82) is 0 Å². The lowest BCUT2D eigenvalue weighted by Crippen LogP contribution is -1.76. The Bertz CT molecular complexity index is 197. The first-order chi connectivity index (χ1) is 5.43. The average molecular weight is 150 g/mol. The Balaban J connectivity index is 2.19. The second-order valence-electron chi connectivity index (χ2n) is 2.50. The maximum Gasteiger partial charge on any atom is 0.104 e. The predicted molar refractivity (Wildman–Crippen MR) is 46.5 cm³/mol. The number of hydrogen-bond donors (Lipinski definition) is 0. The molecule has 1 heterocycles. The molecule has 1 nitrogen and oxygen atoms in total. The standard InChI is InChI=1S/C10H14O/c1-2-3-4-5-7-10-8-6-9-11-10/h3-4,6,8-9H,2,5,7H2,1H3/b4-3+. The van der Waals surface area contributed by atoms with E-state index >= 15 is 0 Å². The Morgan fingerprint density at radius 1 is 1.45 bits per heavy atom. The number of rotatable bonds is 4. The summed E-state index contributed by atoms with van der Waals surface area (Å²) in [6.07, 6.45) is 9.33. The van der Waals surface area contributed by atoms with Crippen LogP contribution in [0.2, 0.25) is 0 Å². The molecule has 1 heteroatoms. The maximum atomic E-state index is 5.18. The van der Waals surface area contributed by atoms with Crippen LogP contribution in [0.4, 0.5) is 0 Å². The molecule has 0 spiro atoms. The highest BCUT2D eigenvalue weighted by molar-refractivity contribution is 4.99. The summed E-state index contributed by atoms with van der Waals surface area (Å²) in [5, 5.41) is 0. The highest BCUT2D eigenvalue weighted by Gasteiger charge is 1.90. The van der Waals surface area contributed by atoms with Crippen LogP contribution in [0.3, 0.4) is 0 Å². The van der Waals surface area contributed by atoms with Gasteiger partial charge < -0.3 is 4.42 Å². The van der Waals surface area contributed by atoms with Gasteiger partial charge in [-0.15, -0.1) is 0 Å². The van der Waals surface area contributed by atoms with Crippen molar-refractivity contribution in [3.63, 3.8) is 0 Å². The number of furan rings is 1. The highest BCUT2D eigenvalue weighted by atomic mass is 16.3. The Hall–Kier alpha value is -0.980. The van der Waals surface area contributed by atoms with Crippen LogP contribution in [-0.4, -0.2) is 0 Å². The average Bonchev–Trinajstić information content (AvgIpc) is 2.50. The second kappa shape index (κ2) is 4.78. The van der Waals surface area contributed by atoms with E-state index in [-0.39, 0.29) is 0 Å². The zero-order chi connectivity index (χ0) is 7.94. The van der Waals surface area contributed by atoms with E-state index in [1.54, 1.807) is 6.26 Å². The molecule has 0 aliphatic rings. The van der Waals surface area contributed by atoms with Gasteiger partial charge in [-0.3, -0.25) is 0 Å². The van der Waals surface area contributed by atoms with Gasteiger partial charge in [0.1, 0.15) is 5.76 Å². The van der Waals surface area contributed by atoms with Crippen LogP contribution >= 0.6 is 0 Å². The summed E-state index contributed by atoms with van der Waals surface area (Å²) in [7, 11) is 0. The first kappa shape index (κ1) is 8.12. The van der Waals surface area contributed by atoms with Crippen LogP contribution in [0.25, 0.3) is 0 Å².